The Morgan fingerprint density at radius 1 is 1.35 bits per heavy atom. The van der Waals surface area contributed by atoms with Gasteiger partial charge in [-0.1, -0.05) is 35.8 Å². The Morgan fingerprint density at radius 2 is 2.10 bits per heavy atom. The number of hydrogen-bond donors (Lipinski definition) is 1. The summed E-state index contributed by atoms with van der Waals surface area (Å²) in [5, 5.41) is 5.28. The molecule has 1 aliphatic carbocycles. The minimum atomic E-state index is 0.287. The van der Waals surface area contributed by atoms with Crippen LogP contribution in [-0.4, -0.2) is 36.1 Å². The van der Waals surface area contributed by atoms with Crippen molar-refractivity contribution in [3.63, 3.8) is 0 Å². The van der Waals surface area contributed by atoms with Gasteiger partial charge in [0.15, 0.2) is 5.13 Å². The molecular formula is C15H20ClN3S. The summed E-state index contributed by atoms with van der Waals surface area (Å²) in [6.45, 7) is 0.966. The lowest BCUT2D eigenvalue weighted by Crippen LogP contribution is -2.47. The summed E-state index contributed by atoms with van der Waals surface area (Å²) in [4.78, 5) is 7.00. The molecule has 1 aromatic heterocycles. The minimum Gasteiger partial charge on any atom is -0.360 e. The molecular weight excluding hydrogens is 290 g/mol. The number of benzene rings is 1. The van der Waals surface area contributed by atoms with Gasteiger partial charge in [0.2, 0.25) is 0 Å². The van der Waals surface area contributed by atoms with Crippen LogP contribution in [0.3, 0.4) is 0 Å². The van der Waals surface area contributed by atoms with E-state index < -0.39 is 0 Å². The summed E-state index contributed by atoms with van der Waals surface area (Å²) in [5.41, 5.74) is 1.27. The molecule has 1 N–H and O–H groups in total. The van der Waals surface area contributed by atoms with Crippen molar-refractivity contribution in [2.45, 2.75) is 31.2 Å². The number of aromatic nitrogens is 1. The van der Waals surface area contributed by atoms with E-state index in [9.17, 15) is 0 Å². The molecule has 0 saturated heterocycles. The van der Waals surface area contributed by atoms with E-state index in [0.29, 0.717) is 0 Å². The smallest absolute Gasteiger partial charge is 0.183 e. The number of thiazole rings is 1. The van der Waals surface area contributed by atoms with Crippen LogP contribution in [0.5, 0.6) is 0 Å². The van der Waals surface area contributed by atoms with Crippen molar-refractivity contribution in [2.75, 3.05) is 26.0 Å². The molecule has 0 aliphatic heterocycles. The van der Waals surface area contributed by atoms with Crippen molar-refractivity contribution in [1.82, 2.24) is 9.88 Å². The third kappa shape index (κ3) is 2.65. The first-order chi connectivity index (χ1) is 9.59. The summed E-state index contributed by atoms with van der Waals surface area (Å²) in [6, 6.07) is 5.89. The molecule has 1 saturated carbocycles. The van der Waals surface area contributed by atoms with E-state index in [1.807, 2.05) is 18.2 Å². The van der Waals surface area contributed by atoms with Crippen molar-refractivity contribution in [3.05, 3.63) is 23.2 Å². The second kappa shape index (κ2) is 5.51. The van der Waals surface area contributed by atoms with Gasteiger partial charge in [-0.3, -0.25) is 0 Å². The normalized spacial score (nSPS) is 18.0. The number of halogens is 1. The van der Waals surface area contributed by atoms with Crippen molar-refractivity contribution >= 4 is 38.3 Å². The highest BCUT2D eigenvalue weighted by Gasteiger charge is 2.35. The van der Waals surface area contributed by atoms with E-state index in [-0.39, 0.29) is 5.54 Å². The molecule has 0 radical (unpaired) electrons. The first-order valence-electron chi connectivity index (χ1n) is 7.06. The molecule has 5 heteroatoms. The van der Waals surface area contributed by atoms with Crippen LogP contribution in [0.25, 0.3) is 10.2 Å². The molecule has 3 nitrogen and oxygen atoms in total. The molecule has 108 valence electrons. The zero-order valence-electron chi connectivity index (χ0n) is 11.9. The van der Waals surface area contributed by atoms with Crippen molar-refractivity contribution < 1.29 is 0 Å². The number of nitrogens with zero attached hydrogens (tertiary/aromatic N) is 2. The second-order valence-electron chi connectivity index (χ2n) is 5.81. The van der Waals surface area contributed by atoms with Crippen LogP contribution < -0.4 is 5.32 Å². The summed E-state index contributed by atoms with van der Waals surface area (Å²) >= 11 is 7.71. The maximum absolute atomic E-state index is 6.01. The van der Waals surface area contributed by atoms with Gasteiger partial charge in [0.05, 0.1) is 10.2 Å². The topological polar surface area (TPSA) is 28.2 Å². The van der Waals surface area contributed by atoms with Crippen molar-refractivity contribution in [1.29, 1.82) is 0 Å². The number of anilines is 1. The van der Waals surface area contributed by atoms with Crippen molar-refractivity contribution in [3.8, 4) is 0 Å². The quantitative estimate of drug-likeness (QED) is 0.915. The van der Waals surface area contributed by atoms with Crippen LogP contribution in [0.15, 0.2) is 18.2 Å². The number of nitrogens with one attached hydrogen (secondary N) is 1. The van der Waals surface area contributed by atoms with Gasteiger partial charge in [0, 0.05) is 17.1 Å². The molecule has 0 amide bonds. The van der Waals surface area contributed by atoms with Crippen LogP contribution in [-0.2, 0) is 0 Å². The molecule has 2 aromatic rings. The number of fused-ring (bicyclic) bond motifs is 1. The molecule has 1 heterocycles. The number of hydrogen-bond acceptors (Lipinski definition) is 4. The second-order valence-corrected chi connectivity index (χ2v) is 7.28. The SMILES string of the molecule is CN(C)C1(CNc2nc3cc(Cl)ccc3s2)CCCC1. The Hall–Kier alpha value is -0.840. The standard InChI is InChI=1S/C15H20ClN3S/c1-19(2)15(7-3-4-8-15)10-17-14-18-12-9-11(16)5-6-13(12)20-14/h5-6,9H,3-4,7-8,10H2,1-2H3,(H,17,18). The molecule has 0 spiro atoms. The number of rotatable bonds is 4. The summed E-state index contributed by atoms with van der Waals surface area (Å²) in [5.74, 6) is 0. The molecule has 1 aliphatic rings. The zero-order valence-corrected chi connectivity index (χ0v) is 13.5. The van der Waals surface area contributed by atoms with Crippen LogP contribution >= 0.6 is 22.9 Å². The average molecular weight is 310 g/mol. The van der Waals surface area contributed by atoms with Crippen LogP contribution in [0, 0.1) is 0 Å². The van der Waals surface area contributed by atoms with E-state index >= 15 is 0 Å². The molecule has 3 rings (SSSR count). The molecule has 1 aromatic carbocycles. The molecule has 0 bridgehead atoms. The third-order valence-corrected chi connectivity index (χ3v) is 5.63. The van der Waals surface area contributed by atoms with Crippen molar-refractivity contribution in [2.24, 2.45) is 0 Å². The fourth-order valence-corrected chi connectivity index (χ4v) is 4.04. The Bertz CT molecular complexity index is 602. The summed E-state index contributed by atoms with van der Waals surface area (Å²) in [6.07, 6.45) is 5.19. The average Bonchev–Trinajstić information content (AvgIpc) is 3.02. The highest BCUT2D eigenvalue weighted by Crippen LogP contribution is 2.35. The van der Waals surface area contributed by atoms with Gasteiger partial charge in [-0.15, -0.1) is 0 Å². The predicted octanol–water partition coefficient (Wildman–Crippen LogP) is 4.24. The predicted molar refractivity (Wildman–Crippen MR) is 88.0 cm³/mol. The van der Waals surface area contributed by atoms with Gasteiger partial charge in [0.1, 0.15) is 0 Å². The van der Waals surface area contributed by atoms with E-state index in [0.717, 1.165) is 22.2 Å². The Morgan fingerprint density at radius 3 is 2.80 bits per heavy atom. The lowest BCUT2D eigenvalue weighted by Gasteiger charge is -2.36. The Kier molecular flexibility index (Phi) is 3.89. The fourth-order valence-electron chi connectivity index (χ4n) is 3.03. The molecule has 0 atom stereocenters. The first-order valence-corrected chi connectivity index (χ1v) is 8.26. The fraction of sp³-hybridized carbons (Fsp3) is 0.533. The maximum atomic E-state index is 6.01. The van der Waals surface area contributed by atoms with Gasteiger partial charge in [0.25, 0.3) is 0 Å². The highest BCUT2D eigenvalue weighted by molar-refractivity contribution is 7.22. The first kappa shape index (κ1) is 14.1. The maximum Gasteiger partial charge on any atom is 0.183 e. The van der Waals surface area contributed by atoms with Gasteiger partial charge < -0.3 is 10.2 Å². The largest absolute Gasteiger partial charge is 0.360 e. The van der Waals surface area contributed by atoms with Crippen LogP contribution in [0.4, 0.5) is 5.13 Å². The van der Waals surface area contributed by atoms with E-state index in [4.69, 9.17) is 11.6 Å². The lowest BCUT2D eigenvalue weighted by atomic mass is 9.96. The molecule has 0 unspecified atom stereocenters. The van der Waals surface area contributed by atoms with Gasteiger partial charge in [-0.25, -0.2) is 4.98 Å². The van der Waals surface area contributed by atoms with Crippen LogP contribution in [0.2, 0.25) is 5.02 Å². The number of likely N-dealkylation sites (N-methyl/N-ethyl adjacent to an activating group) is 1. The van der Waals surface area contributed by atoms with Crippen LogP contribution in [0.1, 0.15) is 25.7 Å². The summed E-state index contributed by atoms with van der Waals surface area (Å²) < 4.78 is 1.18. The van der Waals surface area contributed by atoms with E-state index in [1.165, 1.54) is 30.4 Å². The molecule has 1 fully saturated rings. The van der Waals surface area contributed by atoms with E-state index in [2.05, 4.69) is 29.3 Å². The van der Waals surface area contributed by atoms with Gasteiger partial charge in [-0.2, -0.15) is 0 Å². The van der Waals surface area contributed by atoms with E-state index in [1.54, 1.807) is 11.3 Å². The Balaban J connectivity index is 1.76. The lowest BCUT2D eigenvalue weighted by molar-refractivity contribution is 0.172. The van der Waals surface area contributed by atoms with Gasteiger partial charge in [-0.05, 0) is 45.1 Å². The monoisotopic (exact) mass is 309 g/mol. The minimum absolute atomic E-state index is 0.287. The third-order valence-electron chi connectivity index (χ3n) is 4.40. The zero-order chi connectivity index (χ0) is 14.2. The highest BCUT2D eigenvalue weighted by atomic mass is 35.5. The van der Waals surface area contributed by atoms with Gasteiger partial charge >= 0.3 is 0 Å². The summed E-state index contributed by atoms with van der Waals surface area (Å²) in [7, 11) is 4.37. The Labute approximate surface area is 128 Å². The molecule has 20 heavy (non-hydrogen) atoms.